The quantitative estimate of drug-likeness (QED) is 0.266. The van der Waals surface area contributed by atoms with Crippen molar-refractivity contribution in [3.63, 3.8) is 0 Å². The van der Waals surface area contributed by atoms with Gasteiger partial charge in [0.15, 0.2) is 7.98 Å². The number of ether oxygens (including phenoxy) is 6. The lowest BCUT2D eigenvalue weighted by Crippen LogP contribution is -2.29. The van der Waals surface area contributed by atoms with Crippen LogP contribution in [0.1, 0.15) is 27.7 Å². The summed E-state index contributed by atoms with van der Waals surface area (Å²) in [4.78, 5) is 1.68. The van der Waals surface area contributed by atoms with Gasteiger partial charge in [0.05, 0.1) is 66.1 Å². The Kier molecular flexibility index (Phi) is 38.1. The maximum Gasteiger partial charge on any atom is 0.182 e. The molecular weight excluding hydrogens is 337 g/mol. The molecule has 0 atom stereocenters. The molecule has 158 valence electrons. The summed E-state index contributed by atoms with van der Waals surface area (Å²) in [5.41, 5.74) is 0. The molecule has 0 aromatic carbocycles. The van der Waals surface area contributed by atoms with Gasteiger partial charge in [0.1, 0.15) is 0 Å². The lowest BCUT2D eigenvalue weighted by molar-refractivity contribution is 0.0165. The van der Waals surface area contributed by atoms with Crippen LogP contribution in [-0.2, 0) is 28.4 Å². The second-order valence-corrected chi connectivity index (χ2v) is 4.47. The van der Waals surface area contributed by atoms with Crippen LogP contribution in [0.3, 0.4) is 0 Å². The van der Waals surface area contributed by atoms with Gasteiger partial charge < -0.3 is 33.2 Å². The second kappa shape index (κ2) is 32.5. The average molecular weight is 379 g/mol. The summed E-state index contributed by atoms with van der Waals surface area (Å²) in [6.45, 7) is 15.1. The highest BCUT2D eigenvalue weighted by molar-refractivity contribution is 6.04. The van der Waals surface area contributed by atoms with Crippen molar-refractivity contribution < 1.29 is 28.4 Å². The summed E-state index contributed by atoms with van der Waals surface area (Å²) < 4.78 is 31.1. The van der Waals surface area contributed by atoms with E-state index in [0.717, 1.165) is 0 Å². The number of methoxy groups -OCH3 is 2. The third-order valence-electron chi connectivity index (χ3n) is 2.65. The lowest BCUT2D eigenvalue weighted by atomic mass is 10.3. The van der Waals surface area contributed by atoms with E-state index in [1.807, 2.05) is 27.7 Å². The van der Waals surface area contributed by atoms with Crippen LogP contribution >= 0.6 is 0 Å². The molecule has 0 fully saturated rings. The van der Waals surface area contributed by atoms with E-state index in [1.165, 1.54) is 0 Å². The Balaban J connectivity index is -0.00000123. The topological polar surface area (TPSA) is 58.6 Å². The first kappa shape index (κ1) is 30.5. The van der Waals surface area contributed by atoms with Crippen LogP contribution in [0.5, 0.6) is 0 Å². The van der Waals surface area contributed by atoms with E-state index in [2.05, 4.69) is 0 Å². The molecule has 0 aliphatic heterocycles. The third-order valence-corrected chi connectivity index (χ3v) is 2.65. The van der Waals surface area contributed by atoms with E-state index in [-0.39, 0.29) is 0 Å². The molecule has 0 aliphatic carbocycles. The van der Waals surface area contributed by atoms with Crippen molar-refractivity contribution in [2.75, 3.05) is 93.4 Å². The van der Waals surface area contributed by atoms with Crippen LogP contribution in [0, 0.1) is 0 Å². The van der Waals surface area contributed by atoms with Gasteiger partial charge in [-0.2, -0.15) is 0 Å². The predicted molar refractivity (Wildman–Crippen MR) is 107 cm³/mol. The molecule has 0 unspecified atom stereocenters. The van der Waals surface area contributed by atoms with Crippen molar-refractivity contribution >= 4 is 7.98 Å². The van der Waals surface area contributed by atoms with Gasteiger partial charge in [0.2, 0.25) is 0 Å². The molecule has 8 heteroatoms. The Bertz CT molecular complexity index is 196. The first-order valence-electron chi connectivity index (χ1n) is 9.59. The first-order valence-corrected chi connectivity index (χ1v) is 9.59. The van der Waals surface area contributed by atoms with Crippen LogP contribution in [-0.4, -0.2) is 106 Å². The molecule has 0 amide bonds. The van der Waals surface area contributed by atoms with Crippen LogP contribution in [0.25, 0.3) is 0 Å². The van der Waals surface area contributed by atoms with Gasteiger partial charge in [0.25, 0.3) is 0 Å². The molecule has 0 bridgehead atoms. The monoisotopic (exact) mass is 379 g/mol. The Hall–Kier alpha value is -0.215. The third kappa shape index (κ3) is 31.5. The largest absolute Gasteiger partial charge is 0.382 e. The number of hydrogen-bond acceptors (Lipinski definition) is 7. The Morgan fingerprint density at radius 2 is 0.769 bits per heavy atom. The fourth-order valence-corrected chi connectivity index (χ4v) is 1.40. The first-order chi connectivity index (χ1) is 12.8. The Labute approximate surface area is 163 Å². The van der Waals surface area contributed by atoms with Gasteiger partial charge in [-0.05, 0) is 0 Å². The second-order valence-electron chi connectivity index (χ2n) is 4.47. The van der Waals surface area contributed by atoms with E-state index in [4.69, 9.17) is 36.4 Å². The lowest BCUT2D eigenvalue weighted by Gasteiger charge is -2.17. The predicted octanol–water partition coefficient (Wildman–Crippen LogP) is 1.78. The minimum Gasteiger partial charge on any atom is -0.382 e. The van der Waals surface area contributed by atoms with Gasteiger partial charge >= 0.3 is 0 Å². The van der Waals surface area contributed by atoms with E-state index < -0.39 is 0 Å². The van der Waals surface area contributed by atoms with Gasteiger partial charge in [-0.25, -0.2) is 0 Å². The van der Waals surface area contributed by atoms with Crippen LogP contribution in [0.2, 0.25) is 0 Å². The summed E-state index contributed by atoms with van der Waals surface area (Å²) >= 11 is 0. The van der Waals surface area contributed by atoms with Crippen molar-refractivity contribution in [3.05, 3.63) is 0 Å². The van der Waals surface area contributed by atoms with Crippen molar-refractivity contribution in [2.24, 2.45) is 0 Å². The molecule has 0 aliphatic rings. The van der Waals surface area contributed by atoms with Crippen molar-refractivity contribution in [3.8, 4) is 0 Å². The number of rotatable bonds is 18. The minimum absolute atomic E-state index is 0.562. The van der Waals surface area contributed by atoms with E-state index in [9.17, 15) is 0 Å². The van der Waals surface area contributed by atoms with E-state index >= 15 is 0 Å². The summed E-state index contributed by atoms with van der Waals surface area (Å²) in [6.07, 6.45) is 0. The minimum atomic E-state index is 0.562. The van der Waals surface area contributed by atoms with Gasteiger partial charge in [-0.15, -0.1) is 0 Å². The van der Waals surface area contributed by atoms with Crippen molar-refractivity contribution in [2.45, 2.75) is 27.7 Å². The zero-order chi connectivity index (χ0) is 20.3. The summed E-state index contributed by atoms with van der Waals surface area (Å²) in [5, 5.41) is 0. The van der Waals surface area contributed by atoms with Crippen LogP contribution in [0.4, 0.5) is 0 Å². The molecule has 0 heterocycles. The maximum absolute atomic E-state index is 5.81. The smallest absolute Gasteiger partial charge is 0.182 e. The molecule has 0 N–H and O–H groups in total. The molecular formula is C18H42BNO6. The van der Waals surface area contributed by atoms with Gasteiger partial charge in [-0.1, -0.05) is 27.7 Å². The molecule has 0 aromatic heterocycles. The Morgan fingerprint density at radius 1 is 0.500 bits per heavy atom. The summed E-state index contributed by atoms with van der Waals surface area (Å²) in [5.74, 6) is 0. The molecule has 0 saturated carbocycles. The molecule has 0 spiro atoms. The van der Waals surface area contributed by atoms with Crippen molar-refractivity contribution in [1.82, 2.24) is 4.81 Å². The highest BCUT2D eigenvalue weighted by Gasteiger charge is 1.98. The molecule has 0 saturated heterocycles. The molecule has 0 rings (SSSR count). The van der Waals surface area contributed by atoms with Crippen LogP contribution < -0.4 is 0 Å². The Morgan fingerprint density at radius 3 is 1.08 bits per heavy atom. The molecule has 7 nitrogen and oxygen atoms in total. The summed E-state index contributed by atoms with van der Waals surface area (Å²) in [6, 6.07) is 0. The van der Waals surface area contributed by atoms with Crippen LogP contribution in [0.15, 0.2) is 0 Å². The fraction of sp³-hybridized carbons (Fsp3) is 1.00. The molecule has 0 aromatic rings. The average Bonchev–Trinajstić information content (AvgIpc) is 2.69. The normalized spacial score (nSPS) is 10.1. The van der Waals surface area contributed by atoms with E-state index in [0.29, 0.717) is 79.2 Å². The van der Waals surface area contributed by atoms with E-state index in [1.54, 1.807) is 19.0 Å². The fourth-order valence-electron chi connectivity index (χ4n) is 1.40. The van der Waals surface area contributed by atoms with Gasteiger partial charge in [-0.3, -0.25) is 0 Å². The highest BCUT2D eigenvalue weighted by Crippen LogP contribution is 1.86. The number of nitrogens with zero attached hydrogens (tertiary/aromatic N) is 1. The SMILES string of the molecule is CC.CC.[B]N(CCOCCOCCOC)CCOCCOCCOC. The van der Waals surface area contributed by atoms with Gasteiger partial charge in [0, 0.05) is 27.3 Å². The maximum atomic E-state index is 5.81. The zero-order valence-corrected chi connectivity index (χ0v) is 18.0. The zero-order valence-electron chi connectivity index (χ0n) is 18.0. The molecule has 2 radical (unpaired) electrons. The summed E-state index contributed by atoms with van der Waals surface area (Å²) in [7, 11) is 9.11. The molecule has 26 heavy (non-hydrogen) atoms. The standard InChI is InChI=1S/C14H30BNO6.2C2H6/c1-17-7-9-21-13-11-19-5-3-16(15)4-6-20-12-14-22-10-8-18-2;2*1-2/h3-14H2,1-2H3;2*1-2H3. The number of hydrogen-bond donors (Lipinski definition) is 0. The highest BCUT2D eigenvalue weighted by atomic mass is 16.5. The van der Waals surface area contributed by atoms with Crippen molar-refractivity contribution in [1.29, 1.82) is 0 Å².